The van der Waals surface area contributed by atoms with Crippen molar-refractivity contribution >= 4 is 64.1 Å². The van der Waals surface area contributed by atoms with Crippen molar-refractivity contribution in [2.75, 3.05) is 23.9 Å². The number of hydrogen-bond donors (Lipinski definition) is 2. The number of rotatable bonds is 9. The van der Waals surface area contributed by atoms with Gasteiger partial charge >= 0.3 is 5.97 Å². The van der Waals surface area contributed by atoms with Crippen molar-refractivity contribution in [1.82, 2.24) is 9.73 Å². The van der Waals surface area contributed by atoms with Crippen LogP contribution in [-0.2, 0) is 9.59 Å². The predicted molar refractivity (Wildman–Crippen MR) is 158 cm³/mol. The van der Waals surface area contributed by atoms with Crippen LogP contribution in [0.2, 0.25) is 10.0 Å². The second kappa shape index (κ2) is 12.3. The number of hydrogen-bond acceptors (Lipinski definition) is 8. The van der Waals surface area contributed by atoms with Gasteiger partial charge in [0.2, 0.25) is 0 Å². The molecule has 2 aromatic rings. The van der Waals surface area contributed by atoms with Gasteiger partial charge in [-0.05, 0) is 67.9 Å². The topological polar surface area (TPSA) is 97.6 Å². The highest BCUT2D eigenvalue weighted by atomic mass is 35.5. The first-order valence-electron chi connectivity index (χ1n) is 13.2. The first-order chi connectivity index (χ1) is 18.8. The molecular weight excluding hydrogens is 557 g/mol. The minimum absolute atomic E-state index is 0.0532. The van der Waals surface area contributed by atoms with Crippen LogP contribution in [0.25, 0.3) is 0 Å². The molecule has 0 saturated carbocycles. The summed E-state index contributed by atoms with van der Waals surface area (Å²) in [5, 5.41) is 18.8. The van der Waals surface area contributed by atoms with Crippen molar-refractivity contribution in [3.63, 3.8) is 0 Å². The molecule has 1 fully saturated rings. The first-order valence-corrected chi connectivity index (χ1v) is 14.9. The molecule has 3 atom stereocenters. The van der Waals surface area contributed by atoms with Gasteiger partial charge in [-0.1, -0.05) is 48.3 Å². The average Bonchev–Trinajstić information content (AvgIpc) is 3.28. The fourth-order valence-corrected chi connectivity index (χ4v) is 6.46. The number of piperidine rings is 1. The Hall–Kier alpha value is -2.59. The van der Waals surface area contributed by atoms with Crippen LogP contribution in [0.5, 0.6) is 0 Å². The lowest BCUT2D eigenvalue weighted by Crippen LogP contribution is -2.43. The normalized spacial score (nSPS) is 22.5. The van der Waals surface area contributed by atoms with E-state index in [-0.39, 0.29) is 24.7 Å². The van der Waals surface area contributed by atoms with Crippen LogP contribution in [0.15, 0.2) is 52.6 Å². The maximum atomic E-state index is 12.8. The molecule has 0 aromatic heterocycles. The molecule has 0 unspecified atom stereocenters. The van der Waals surface area contributed by atoms with Gasteiger partial charge in [0, 0.05) is 39.8 Å². The van der Waals surface area contributed by atoms with Crippen LogP contribution in [0, 0.1) is 5.92 Å². The number of hydrazone groups is 1. The summed E-state index contributed by atoms with van der Waals surface area (Å²) in [6, 6.07) is 12.5. The zero-order chi connectivity index (χ0) is 27.5. The smallest absolute Gasteiger partial charge is 0.303 e. The molecule has 11 heteroatoms. The highest BCUT2D eigenvalue weighted by molar-refractivity contribution is 7.97. The van der Waals surface area contributed by atoms with Gasteiger partial charge in [-0.25, -0.2) is 4.41 Å². The number of amidine groups is 1. The van der Waals surface area contributed by atoms with Gasteiger partial charge in [0.15, 0.2) is 11.6 Å². The molecule has 3 heterocycles. The Labute approximate surface area is 242 Å². The lowest BCUT2D eigenvalue weighted by molar-refractivity contribution is -0.137. The molecule has 2 N–H and O–H groups in total. The molecule has 0 aliphatic carbocycles. The van der Waals surface area contributed by atoms with E-state index in [0.717, 1.165) is 36.2 Å². The Bertz CT molecular complexity index is 1320. The molecule has 3 aliphatic rings. The second-order valence-electron chi connectivity index (χ2n) is 10.1. The number of aliphatic carboxylic acids is 1. The van der Waals surface area contributed by atoms with E-state index in [1.807, 2.05) is 46.9 Å². The number of ketones is 1. The zero-order valence-electron chi connectivity index (χ0n) is 21.6. The quantitative estimate of drug-likeness (QED) is 0.375. The molecule has 3 aliphatic heterocycles. The van der Waals surface area contributed by atoms with Crippen LogP contribution >= 0.6 is 35.1 Å². The van der Waals surface area contributed by atoms with Gasteiger partial charge < -0.3 is 15.3 Å². The highest BCUT2D eigenvalue weighted by Crippen LogP contribution is 2.37. The molecule has 0 spiro atoms. The van der Waals surface area contributed by atoms with Crippen molar-refractivity contribution in [3.8, 4) is 0 Å². The number of Topliss-reactive ketones (excluding diaryl/α,β-unsaturated/α-hetero) is 1. The molecule has 206 valence electrons. The number of carboxylic acid groups (broad SMARTS) is 1. The molecule has 0 amide bonds. The number of benzene rings is 2. The van der Waals surface area contributed by atoms with Gasteiger partial charge in [0.25, 0.3) is 0 Å². The minimum Gasteiger partial charge on any atom is -0.481 e. The summed E-state index contributed by atoms with van der Waals surface area (Å²) in [4.78, 5) is 31.4. The first kappa shape index (κ1) is 28.0. The summed E-state index contributed by atoms with van der Waals surface area (Å²) in [6.45, 7) is 3.52. The van der Waals surface area contributed by atoms with E-state index in [2.05, 4.69) is 17.1 Å². The van der Waals surface area contributed by atoms with E-state index >= 15 is 0 Å². The van der Waals surface area contributed by atoms with Gasteiger partial charge in [-0.3, -0.25) is 14.6 Å². The maximum absolute atomic E-state index is 12.8. The third kappa shape index (κ3) is 6.43. The number of carbonyl (C=O) groups is 2. The Morgan fingerprint density at radius 3 is 2.74 bits per heavy atom. The summed E-state index contributed by atoms with van der Waals surface area (Å²) >= 11 is 14.5. The molecule has 2 aromatic carbocycles. The maximum Gasteiger partial charge on any atom is 0.303 e. The average molecular weight is 589 g/mol. The monoisotopic (exact) mass is 587 g/mol. The standard InChI is InChI=1S/C28H31Cl2N5O3S/c1-17-10-12-31-23(14-17)25(36)11-13-39-35-16-34-24-8-6-18(29)15-20(24)27(19-4-2-3-5-21(19)30)32-22(28(34)33-35)7-9-26(37)38/h2-6,8,15,17,22-23,31H,7,9-14,16H2,1H3,(H,37,38)/t17-,22-,23-/m0/s1. The lowest BCUT2D eigenvalue weighted by Gasteiger charge is -2.27. The fourth-order valence-electron chi connectivity index (χ4n) is 5.23. The second-order valence-corrected chi connectivity index (χ2v) is 12.1. The molecule has 1 saturated heterocycles. The molecule has 8 nitrogen and oxygen atoms in total. The van der Waals surface area contributed by atoms with E-state index in [4.69, 9.17) is 33.3 Å². The van der Waals surface area contributed by atoms with Gasteiger partial charge in [0.05, 0.1) is 17.4 Å². The van der Waals surface area contributed by atoms with Crippen molar-refractivity contribution < 1.29 is 14.7 Å². The SMILES string of the molecule is C[C@H]1CCN[C@H](C(=O)CCSN2CN3C(=N2)[C@H](CCC(=O)O)N=C(c2ccccc2Cl)c2cc(Cl)ccc23)C1. The number of nitrogens with one attached hydrogen (secondary N) is 1. The number of halogens is 2. The molecular formula is C28H31Cl2N5O3S. The summed E-state index contributed by atoms with van der Waals surface area (Å²) < 4.78 is 1.86. The summed E-state index contributed by atoms with van der Waals surface area (Å²) in [7, 11) is 0. The van der Waals surface area contributed by atoms with Crippen LogP contribution in [0.4, 0.5) is 5.69 Å². The zero-order valence-corrected chi connectivity index (χ0v) is 24.0. The summed E-state index contributed by atoms with van der Waals surface area (Å²) in [6.07, 6.45) is 2.68. The fraction of sp³-hybridized carbons (Fsp3) is 0.429. The Kier molecular flexibility index (Phi) is 8.81. The van der Waals surface area contributed by atoms with Crippen LogP contribution in [0.3, 0.4) is 0 Å². The number of anilines is 1. The van der Waals surface area contributed by atoms with Crippen LogP contribution in [0.1, 0.15) is 50.2 Å². The minimum atomic E-state index is -0.894. The number of nitrogens with zero attached hydrogens (tertiary/aromatic N) is 4. The highest BCUT2D eigenvalue weighted by Gasteiger charge is 2.36. The Morgan fingerprint density at radius 1 is 1.15 bits per heavy atom. The molecule has 0 bridgehead atoms. The van der Waals surface area contributed by atoms with E-state index in [9.17, 15) is 14.7 Å². The summed E-state index contributed by atoms with van der Waals surface area (Å²) in [5.74, 6) is 1.18. The van der Waals surface area contributed by atoms with Crippen molar-refractivity contribution in [3.05, 3.63) is 63.6 Å². The number of carbonyl (C=O) groups excluding carboxylic acids is 1. The van der Waals surface area contributed by atoms with E-state index < -0.39 is 12.0 Å². The van der Waals surface area contributed by atoms with Gasteiger partial charge in [-0.2, -0.15) is 0 Å². The third-order valence-corrected chi connectivity index (χ3v) is 8.69. The van der Waals surface area contributed by atoms with Crippen LogP contribution in [-0.4, -0.2) is 63.9 Å². The lowest BCUT2D eigenvalue weighted by atomic mass is 9.91. The van der Waals surface area contributed by atoms with Crippen molar-refractivity contribution in [2.45, 2.75) is 51.1 Å². The van der Waals surface area contributed by atoms with Gasteiger partial charge in [0.1, 0.15) is 12.7 Å². The molecule has 0 radical (unpaired) electrons. The van der Waals surface area contributed by atoms with E-state index in [1.165, 1.54) is 11.9 Å². The van der Waals surface area contributed by atoms with Gasteiger partial charge in [-0.15, -0.1) is 5.10 Å². The molecule has 39 heavy (non-hydrogen) atoms. The van der Waals surface area contributed by atoms with E-state index in [0.29, 0.717) is 46.4 Å². The Morgan fingerprint density at radius 2 is 1.97 bits per heavy atom. The predicted octanol–water partition coefficient (Wildman–Crippen LogP) is 5.47. The Balaban J connectivity index is 1.42. The number of fused-ring (bicyclic) bond motifs is 3. The van der Waals surface area contributed by atoms with E-state index in [1.54, 1.807) is 0 Å². The number of aliphatic imine (C=N–C) groups is 1. The third-order valence-electron chi connectivity index (χ3n) is 7.24. The number of carboxylic acids is 1. The largest absolute Gasteiger partial charge is 0.481 e. The van der Waals surface area contributed by atoms with Crippen molar-refractivity contribution in [2.24, 2.45) is 16.0 Å². The molecule has 5 rings (SSSR count). The van der Waals surface area contributed by atoms with Crippen molar-refractivity contribution in [1.29, 1.82) is 0 Å². The van der Waals surface area contributed by atoms with Crippen LogP contribution < -0.4 is 10.2 Å². The summed E-state index contributed by atoms with van der Waals surface area (Å²) in [5.41, 5.74) is 3.08.